The number of benzene rings is 2. The van der Waals surface area contributed by atoms with E-state index >= 15 is 0 Å². The van der Waals surface area contributed by atoms with Gasteiger partial charge < -0.3 is 16.0 Å². The van der Waals surface area contributed by atoms with Gasteiger partial charge in [0.05, 0.1) is 11.0 Å². The molecular formula is C23H21N5O2. The summed E-state index contributed by atoms with van der Waals surface area (Å²) in [4.78, 5) is 36.3. The lowest BCUT2D eigenvalue weighted by Gasteiger charge is -2.15. The summed E-state index contributed by atoms with van der Waals surface area (Å²) in [5.74, 6) is -0.210. The van der Waals surface area contributed by atoms with Crippen LogP contribution < -0.4 is 11.1 Å². The minimum atomic E-state index is -0.748. The van der Waals surface area contributed by atoms with E-state index in [2.05, 4.69) is 20.3 Å². The molecule has 30 heavy (non-hydrogen) atoms. The Bertz CT molecular complexity index is 1170. The van der Waals surface area contributed by atoms with E-state index < -0.39 is 11.9 Å². The van der Waals surface area contributed by atoms with Gasteiger partial charge >= 0.3 is 0 Å². The summed E-state index contributed by atoms with van der Waals surface area (Å²) in [6.45, 7) is 0. The zero-order chi connectivity index (χ0) is 20.9. The highest BCUT2D eigenvalue weighted by atomic mass is 16.2. The van der Waals surface area contributed by atoms with E-state index in [-0.39, 0.29) is 5.91 Å². The highest BCUT2D eigenvalue weighted by molar-refractivity contribution is 5.99. The molecule has 4 rings (SSSR count). The average Bonchev–Trinajstić information content (AvgIpc) is 3.21. The molecule has 1 atom stereocenters. The number of H-pyrrole nitrogens is 1. The molecule has 2 amide bonds. The van der Waals surface area contributed by atoms with Gasteiger partial charge in [-0.1, -0.05) is 30.3 Å². The maximum Gasteiger partial charge on any atom is 0.252 e. The van der Waals surface area contributed by atoms with Crippen molar-refractivity contribution in [1.29, 1.82) is 0 Å². The van der Waals surface area contributed by atoms with Gasteiger partial charge in [0.15, 0.2) is 0 Å². The smallest absolute Gasteiger partial charge is 0.252 e. The summed E-state index contributed by atoms with van der Waals surface area (Å²) in [5, 5.41) is 2.75. The molecule has 7 nitrogen and oxygen atoms in total. The molecule has 0 aliphatic heterocycles. The molecule has 7 heteroatoms. The number of aromatic amines is 1. The van der Waals surface area contributed by atoms with Crippen LogP contribution in [0.5, 0.6) is 0 Å². The van der Waals surface area contributed by atoms with E-state index in [0.717, 1.165) is 22.2 Å². The van der Waals surface area contributed by atoms with Crippen LogP contribution in [0.2, 0.25) is 0 Å². The van der Waals surface area contributed by atoms with Crippen LogP contribution in [0.1, 0.15) is 22.3 Å². The fraction of sp³-hybridized carbons (Fsp3) is 0.130. The van der Waals surface area contributed by atoms with Crippen LogP contribution in [0.25, 0.3) is 22.4 Å². The summed E-state index contributed by atoms with van der Waals surface area (Å²) in [6, 6.07) is 17.9. The largest absolute Gasteiger partial charge is 0.368 e. The van der Waals surface area contributed by atoms with E-state index in [9.17, 15) is 9.59 Å². The van der Waals surface area contributed by atoms with Gasteiger partial charge in [-0.05, 0) is 48.7 Å². The number of nitrogens with two attached hydrogens (primary N) is 1. The van der Waals surface area contributed by atoms with Gasteiger partial charge in [0.25, 0.3) is 5.91 Å². The number of primary amides is 1. The van der Waals surface area contributed by atoms with Crippen molar-refractivity contribution < 1.29 is 9.59 Å². The van der Waals surface area contributed by atoms with Crippen molar-refractivity contribution in [1.82, 2.24) is 20.3 Å². The van der Waals surface area contributed by atoms with Crippen LogP contribution in [0.4, 0.5) is 0 Å². The normalized spacial score (nSPS) is 11.9. The topological polar surface area (TPSA) is 114 Å². The predicted octanol–water partition coefficient (Wildman–Crippen LogP) is 2.84. The molecule has 0 aliphatic rings. The lowest BCUT2D eigenvalue weighted by molar-refractivity contribution is -0.120. The Morgan fingerprint density at radius 3 is 2.53 bits per heavy atom. The molecule has 0 bridgehead atoms. The minimum Gasteiger partial charge on any atom is -0.368 e. The van der Waals surface area contributed by atoms with Crippen molar-refractivity contribution in [3.8, 4) is 11.4 Å². The third-order valence-electron chi connectivity index (χ3n) is 4.91. The minimum absolute atomic E-state index is 0.353. The van der Waals surface area contributed by atoms with Gasteiger partial charge in [-0.15, -0.1) is 0 Å². The Balaban J connectivity index is 1.49. The summed E-state index contributed by atoms with van der Waals surface area (Å²) >= 11 is 0. The van der Waals surface area contributed by atoms with Crippen LogP contribution in [0.15, 0.2) is 73.1 Å². The van der Waals surface area contributed by atoms with Crippen molar-refractivity contribution >= 4 is 22.8 Å². The zero-order valence-corrected chi connectivity index (χ0v) is 16.2. The first kappa shape index (κ1) is 19.3. The molecule has 4 aromatic rings. The number of hydrogen-bond donors (Lipinski definition) is 3. The third-order valence-corrected chi connectivity index (χ3v) is 4.91. The molecule has 2 heterocycles. The highest BCUT2D eigenvalue weighted by Gasteiger charge is 2.19. The molecule has 2 aromatic heterocycles. The van der Waals surface area contributed by atoms with E-state index in [1.165, 1.54) is 0 Å². The van der Waals surface area contributed by atoms with Gasteiger partial charge in [0, 0.05) is 23.5 Å². The summed E-state index contributed by atoms with van der Waals surface area (Å²) in [6.07, 6.45) is 4.47. The van der Waals surface area contributed by atoms with Gasteiger partial charge in [-0.3, -0.25) is 14.6 Å². The summed E-state index contributed by atoms with van der Waals surface area (Å²) < 4.78 is 0. The Labute approximate surface area is 173 Å². The lowest BCUT2D eigenvalue weighted by atomic mass is 10.0. The van der Waals surface area contributed by atoms with Gasteiger partial charge in [0.2, 0.25) is 5.91 Å². The highest BCUT2D eigenvalue weighted by Crippen LogP contribution is 2.21. The number of carbonyl (C=O) groups excluding carboxylic acids is 2. The fourth-order valence-corrected chi connectivity index (χ4v) is 3.28. The monoisotopic (exact) mass is 399 g/mol. The first-order chi connectivity index (χ1) is 14.6. The Morgan fingerprint density at radius 1 is 1.03 bits per heavy atom. The number of rotatable bonds is 7. The molecule has 0 radical (unpaired) electrons. The Kier molecular flexibility index (Phi) is 5.52. The maximum absolute atomic E-state index is 12.7. The summed E-state index contributed by atoms with van der Waals surface area (Å²) in [5.41, 5.74) is 9.40. The lowest BCUT2D eigenvalue weighted by Crippen LogP contribution is -2.44. The number of amides is 2. The van der Waals surface area contributed by atoms with Gasteiger partial charge in [0.1, 0.15) is 11.9 Å². The SMILES string of the molecule is NC(=O)C(CCc1ccccc1)NC(=O)c1ccc2nc(-c3ccncc3)[nH]c2c1. The molecule has 4 N–H and O–H groups in total. The standard InChI is InChI=1S/C23H21N5O2/c24-21(29)19(8-6-15-4-2-1-3-5-15)28-23(30)17-7-9-18-20(14-17)27-22(26-18)16-10-12-25-13-11-16/h1-5,7,9-14,19H,6,8H2,(H2,24,29)(H,26,27)(H,28,30). The Hall–Kier alpha value is -4.00. The number of hydrogen-bond acceptors (Lipinski definition) is 4. The molecule has 0 saturated heterocycles. The number of pyridine rings is 1. The number of nitrogens with zero attached hydrogens (tertiary/aromatic N) is 2. The van der Waals surface area contributed by atoms with Crippen molar-refractivity contribution in [3.63, 3.8) is 0 Å². The molecule has 0 spiro atoms. The van der Waals surface area contributed by atoms with Crippen LogP contribution >= 0.6 is 0 Å². The first-order valence-corrected chi connectivity index (χ1v) is 9.64. The van der Waals surface area contributed by atoms with Crippen LogP contribution in [0.3, 0.4) is 0 Å². The number of aromatic nitrogens is 3. The van der Waals surface area contributed by atoms with Crippen molar-refractivity contribution in [2.24, 2.45) is 5.73 Å². The molecular weight excluding hydrogens is 378 g/mol. The Morgan fingerprint density at radius 2 is 1.80 bits per heavy atom. The molecule has 0 saturated carbocycles. The van der Waals surface area contributed by atoms with Gasteiger partial charge in [-0.25, -0.2) is 4.98 Å². The fourth-order valence-electron chi connectivity index (χ4n) is 3.28. The van der Waals surface area contributed by atoms with Crippen molar-refractivity contribution in [2.45, 2.75) is 18.9 Å². The number of carbonyl (C=O) groups is 2. The van der Waals surface area contributed by atoms with Crippen molar-refractivity contribution in [3.05, 3.63) is 84.2 Å². The summed E-state index contributed by atoms with van der Waals surface area (Å²) in [7, 11) is 0. The second-order valence-corrected chi connectivity index (χ2v) is 7.01. The zero-order valence-electron chi connectivity index (χ0n) is 16.2. The second kappa shape index (κ2) is 8.57. The van der Waals surface area contributed by atoms with Crippen LogP contribution in [-0.4, -0.2) is 32.8 Å². The maximum atomic E-state index is 12.7. The van der Waals surface area contributed by atoms with E-state index in [1.54, 1.807) is 30.6 Å². The predicted molar refractivity (Wildman–Crippen MR) is 115 cm³/mol. The number of nitrogens with one attached hydrogen (secondary N) is 2. The molecule has 0 aliphatic carbocycles. The van der Waals surface area contributed by atoms with Crippen LogP contribution in [-0.2, 0) is 11.2 Å². The molecule has 1 unspecified atom stereocenters. The molecule has 2 aromatic carbocycles. The number of fused-ring (bicyclic) bond motifs is 1. The van der Waals surface area contributed by atoms with E-state index in [4.69, 9.17) is 5.73 Å². The third kappa shape index (κ3) is 4.35. The molecule has 150 valence electrons. The second-order valence-electron chi connectivity index (χ2n) is 7.01. The first-order valence-electron chi connectivity index (χ1n) is 9.64. The number of aryl methyl sites for hydroxylation is 1. The van der Waals surface area contributed by atoms with E-state index in [0.29, 0.717) is 24.2 Å². The van der Waals surface area contributed by atoms with Crippen molar-refractivity contribution in [2.75, 3.05) is 0 Å². The number of imidazole rings is 1. The van der Waals surface area contributed by atoms with Crippen LogP contribution in [0, 0.1) is 0 Å². The quantitative estimate of drug-likeness (QED) is 0.443. The molecule has 0 fully saturated rings. The average molecular weight is 399 g/mol. The van der Waals surface area contributed by atoms with Gasteiger partial charge in [-0.2, -0.15) is 0 Å². The van der Waals surface area contributed by atoms with E-state index in [1.807, 2.05) is 42.5 Å².